The molecule has 0 aromatic heterocycles. The zero-order valence-corrected chi connectivity index (χ0v) is 19.4. The highest BCUT2D eigenvalue weighted by Gasteiger charge is 2.42. The number of aryl methyl sites for hydroxylation is 1. The lowest BCUT2D eigenvalue weighted by Crippen LogP contribution is -2.53. The highest BCUT2D eigenvalue weighted by atomic mass is 127. The molecule has 152 valence electrons. The predicted octanol–water partition coefficient (Wildman–Crippen LogP) is 3.52. The molecule has 1 heterocycles. The summed E-state index contributed by atoms with van der Waals surface area (Å²) < 4.78 is 5.55. The number of halogens is 1. The average molecular weight is 486 g/mol. The van der Waals surface area contributed by atoms with Crippen molar-refractivity contribution in [2.24, 2.45) is 10.4 Å². The summed E-state index contributed by atoms with van der Waals surface area (Å²) in [6.07, 6.45) is 3.78. The molecule has 1 N–H and O–H groups in total. The van der Waals surface area contributed by atoms with Gasteiger partial charge in [0.15, 0.2) is 5.96 Å². The van der Waals surface area contributed by atoms with Gasteiger partial charge < -0.3 is 19.9 Å². The van der Waals surface area contributed by atoms with Crippen LogP contribution in [0.4, 0.5) is 5.69 Å². The Balaban J connectivity index is 0.00000261. The van der Waals surface area contributed by atoms with E-state index in [-0.39, 0.29) is 24.0 Å². The molecule has 1 aromatic rings. The van der Waals surface area contributed by atoms with E-state index in [0.717, 1.165) is 58.3 Å². The van der Waals surface area contributed by atoms with E-state index in [2.05, 4.69) is 58.2 Å². The van der Waals surface area contributed by atoms with Gasteiger partial charge in [0, 0.05) is 58.7 Å². The van der Waals surface area contributed by atoms with E-state index in [9.17, 15) is 0 Å². The third kappa shape index (κ3) is 6.24. The normalized spacial score (nSPS) is 18.9. The van der Waals surface area contributed by atoms with E-state index in [1.807, 2.05) is 7.05 Å². The van der Waals surface area contributed by atoms with Gasteiger partial charge in [-0.25, -0.2) is 0 Å². The van der Waals surface area contributed by atoms with Crippen molar-refractivity contribution in [2.45, 2.75) is 33.1 Å². The fourth-order valence-electron chi connectivity index (χ4n) is 3.72. The molecule has 2 aliphatic rings. The zero-order chi connectivity index (χ0) is 18.4. The lowest BCUT2D eigenvalue weighted by molar-refractivity contribution is 0.128. The van der Waals surface area contributed by atoms with Gasteiger partial charge in [-0.3, -0.25) is 4.99 Å². The molecule has 5 nitrogen and oxygen atoms in total. The second-order valence-corrected chi connectivity index (χ2v) is 7.66. The van der Waals surface area contributed by atoms with Crippen LogP contribution in [-0.4, -0.2) is 63.8 Å². The Morgan fingerprint density at radius 2 is 1.96 bits per heavy atom. The fourth-order valence-corrected chi connectivity index (χ4v) is 3.72. The number of piperazine rings is 1. The molecule has 0 bridgehead atoms. The van der Waals surface area contributed by atoms with Crippen LogP contribution in [0.15, 0.2) is 29.3 Å². The Bertz CT molecular complexity index is 610. The molecule has 1 saturated carbocycles. The molecule has 0 amide bonds. The minimum atomic E-state index is 0. The second-order valence-electron chi connectivity index (χ2n) is 7.66. The number of nitrogens with zero attached hydrogens (tertiary/aromatic N) is 3. The van der Waals surface area contributed by atoms with Crippen molar-refractivity contribution in [1.82, 2.24) is 10.2 Å². The first-order valence-corrected chi connectivity index (χ1v) is 10.0. The van der Waals surface area contributed by atoms with Gasteiger partial charge >= 0.3 is 0 Å². The van der Waals surface area contributed by atoms with E-state index in [1.54, 1.807) is 0 Å². The standard InChI is InChI=1S/C21H34N4O.HI/c1-4-26-15-10-21(8-9-21)17-23-20(22-3)25-13-11-24(12-14-25)19-7-5-6-18(2)16-19;/h5-7,16H,4,8-15,17H2,1-3H3,(H,22,23);1H. The summed E-state index contributed by atoms with van der Waals surface area (Å²) in [4.78, 5) is 9.40. The summed E-state index contributed by atoms with van der Waals surface area (Å²) in [7, 11) is 1.90. The second kappa shape index (κ2) is 10.5. The van der Waals surface area contributed by atoms with Crippen LogP contribution in [0.1, 0.15) is 31.7 Å². The van der Waals surface area contributed by atoms with Gasteiger partial charge in [-0.15, -0.1) is 24.0 Å². The number of nitrogens with one attached hydrogen (secondary N) is 1. The van der Waals surface area contributed by atoms with Gasteiger partial charge in [-0.2, -0.15) is 0 Å². The van der Waals surface area contributed by atoms with Crippen LogP contribution in [0, 0.1) is 12.3 Å². The molecule has 1 saturated heterocycles. The predicted molar refractivity (Wildman–Crippen MR) is 125 cm³/mol. The Kier molecular flexibility index (Phi) is 8.66. The average Bonchev–Trinajstić information content (AvgIpc) is 3.43. The number of hydrogen-bond donors (Lipinski definition) is 1. The highest BCUT2D eigenvalue weighted by Crippen LogP contribution is 2.48. The SMILES string of the molecule is CCOCCC1(CNC(=NC)N2CCN(c3cccc(C)c3)CC2)CC1.I. The topological polar surface area (TPSA) is 40.1 Å². The summed E-state index contributed by atoms with van der Waals surface area (Å²) in [5, 5.41) is 3.63. The van der Waals surface area contributed by atoms with Crippen molar-refractivity contribution in [2.75, 3.05) is 57.9 Å². The molecule has 0 unspecified atom stereocenters. The summed E-state index contributed by atoms with van der Waals surface area (Å²) in [5.41, 5.74) is 3.10. The molecular weight excluding hydrogens is 451 g/mol. The van der Waals surface area contributed by atoms with Crippen LogP contribution in [-0.2, 0) is 4.74 Å². The number of benzene rings is 1. The third-order valence-corrected chi connectivity index (χ3v) is 5.72. The number of anilines is 1. The van der Waals surface area contributed by atoms with Crippen LogP contribution in [0.25, 0.3) is 0 Å². The first-order chi connectivity index (χ1) is 12.7. The van der Waals surface area contributed by atoms with Gasteiger partial charge in [0.05, 0.1) is 0 Å². The van der Waals surface area contributed by atoms with Gasteiger partial charge in [0.25, 0.3) is 0 Å². The number of aliphatic imine (C=N–C) groups is 1. The van der Waals surface area contributed by atoms with Crippen molar-refractivity contribution in [3.8, 4) is 0 Å². The van der Waals surface area contributed by atoms with E-state index in [4.69, 9.17) is 4.74 Å². The van der Waals surface area contributed by atoms with Gasteiger partial charge in [-0.05, 0) is 56.2 Å². The summed E-state index contributed by atoms with van der Waals surface area (Å²) in [5.74, 6) is 1.05. The van der Waals surface area contributed by atoms with E-state index >= 15 is 0 Å². The number of rotatable bonds is 7. The van der Waals surface area contributed by atoms with Gasteiger partial charge in [0.2, 0.25) is 0 Å². The Labute approximate surface area is 181 Å². The third-order valence-electron chi connectivity index (χ3n) is 5.72. The molecule has 2 fully saturated rings. The number of hydrogen-bond acceptors (Lipinski definition) is 3. The minimum absolute atomic E-state index is 0. The number of guanidine groups is 1. The molecular formula is C21H35IN4O. The van der Waals surface area contributed by atoms with Crippen LogP contribution in [0.2, 0.25) is 0 Å². The summed E-state index contributed by atoms with van der Waals surface area (Å²) in [6, 6.07) is 8.79. The van der Waals surface area contributed by atoms with E-state index in [1.165, 1.54) is 24.1 Å². The number of ether oxygens (including phenoxy) is 1. The molecule has 1 aliphatic heterocycles. The largest absolute Gasteiger partial charge is 0.382 e. The molecule has 0 spiro atoms. The summed E-state index contributed by atoms with van der Waals surface area (Å²) >= 11 is 0. The molecule has 1 aliphatic carbocycles. The highest BCUT2D eigenvalue weighted by molar-refractivity contribution is 14.0. The van der Waals surface area contributed by atoms with Crippen molar-refractivity contribution in [3.63, 3.8) is 0 Å². The van der Waals surface area contributed by atoms with Crippen LogP contribution >= 0.6 is 24.0 Å². The molecule has 1 aromatic carbocycles. The first kappa shape index (κ1) is 22.3. The molecule has 27 heavy (non-hydrogen) atoms. The molecule has 0 atom stereocenters. The molecule has 3 rings (SSSR count). The Hall–Kier alpha value is -1.02. The van der Waals surface area contributed by atoms with Gasteiger partial charge in [-0.1, -0.05) is 12.1 Å². The Morgan fingerprint density at radius 1 is 1.22 bits per heavy atom. The smallest absolute Gasteiger partial charge is 0.193 e. The maximum atomic E-state index is 5.55. The van der Waals surface area contributed by atoms with Crippen molar-refractivity contribution >= 4 is 35.6 Å². The maximum Gasteiger partial charge on any atom is 0.193 e. The van der Waals surface area contributed by atoms with Crippen LogP contribution < -0.4 is 10.2 Å². The Morgan fingerprint density at radius 3 is 2.56 bits per heavy atom. The lowest BCUT2D eigenvalue weighted by Gasteiger charge is -2.38. The van der Waals surface area contributed by atoms with Crippen LogP contribution in [0.5, 0.6) is 0 Å². The van der Waals surface area contributed by atoms with Crippen LogP contribution in [0.3, 0.4) is 0 Å². The van der Waals surface area contributed by atoms with Gasteiger partial charge in [0.1, 0.15) is 0 Å². The van der Waals surface area contributed by atoms with Crippen molar-refractivity contribution < 1.29 is 4.74 Å². The minimum Gasteiger partial charge on any atom is -0.382 e. The van der Waals surface area contributed by atoms with E-state index < -0.39 is 0 Å². The fraction of sp³-hybridized carbons (Fsp3) is 0.667. The quantitative estimate of drug-likeness (QED) is 0.277. The first-order valence-electron chi connectivity index (χ1n) is 10.0. The van der Waals surface area contributed by atoms with Crippen molar-refractivity contribution in [1.29, 1.82) is 0 Å². The van der Waals surface area contributed by atoms with Crippen molar-refractivity contribution in [3.05, 3.63) is 29.8 Å². The molecule has 6 heteroatoms. The lowest BCUT2D eigenvalue weighted by atomic mass is 10.0. The zero-order valence-electron chi connectivity index (χ0n) is 17.0. The summed E-state index contributed by atoms with van der Waals surface area (Å²) in [6.45, 7) is 11.0. The molecule has 0 radical (unpaired) electrons. The maximum absolute atomic E-state index is 5.55. The van der Waals surface area contributed by atoms with E-state index in [0.29, 0.717) is 5.41 Å². The monoisotopic (exact) mass is 486 g/mol.